The number of fused-ring (bicyclic) bond motifs is 1. The fourth-order valence-electron chi connectivity index (χ4n) is 3.05. The van der Waals surface area contributed by atoms with Gasteiger partial charge in [0.05, 0.1) is 12.2 Å². The third kappa shape index (κ3) is 3.59. The lowest BCUT2D eigenvalue weighted by atomic mass is 9.95. The van der Waals surface area contributed by atoms with E-state index in [2.05, 4.69) is 10.3 Å². The smallest absolute Gasteiger partial charge is 0.246 e. The van der Waals surface area contributed by atoms with Gasteiger partial charge in [-0.25, -0.2) is 0 Å². The zero-order valence-electron chi connectivity index (χ0n) is 13.4. The molecule has 1 amide bonds. The van der Waals surface area contributed by atoms with Crippen LogP contribution in [0.2, 0.25) is 0 Å². The number of rotatable bonds is 6. The van der Waals surface area contributed by atoms with E-state index in [9.17, 15) is 4.79 Å². The summed E-state index contributed by atoms with van der Waals surface area (Å²) in [6, 6.07) is 5.90. The second-order valence-electron chi connectivity index (χ2n) is 5.70. The summed E-state index contributed by atoms with van der Waals surface area (Å²) in [5.74, 6) is -0.0986. The highest BCUT2D eigenvalue weighted by molar-refractivity contribution is 5.77. The molecule has 0 unspecified atom stereocenters. The Morgan fingerprint density at radius 3 is 3.00 bits per heavy atom. The normalized spacial score (nSPS) is 13.6. The van der Waals surface area contributed by atoms with Crippen LogP contribution < -0.4 is 5.32 Å². The Hall–Kier alpha value is -2.21. The number of amides is 1. The molecule has 1 aliphatic carbocycles. The summed E-state index contributed by atoms with van der Waals surface area (Å²) < 4.78 is 6.85. The Labute approximate surface area is 135 Å². The maximum Gasteiger partial charge on any atom is 0.246 e. The lowest BCUT2D eigenvalue weighted by Gasteiger charge is -2.14. The summed E-state index contributed by atoms with van der Waals surface area (Å²) in [5.41, 5.74) is 4.52. The highest BCUT2D eigenvalue weighted by Gasteiger charge is 2.22. The van der Waals surface area contributed by atoms with Gasteiger partial charge in [0.15, 0.2) is 0 Å². The Kier molecular flexibility index (Phi) is 5.02. The minimum Gasteiger partial charge on any atom is -0.375 e. The first-order valence-electron chi connectivity index (χ1n) is 8.05. The predicted molar refractivity (Wildman–Crippen MR) is 87.0 cm³/mol. The molecule has 6 nitrogen and oxygen atoms in total. The maximum absolute atomic E-state index is 11.5. The molecule has 0 aliphatic heterocycles. The van der Waals surface area contributed by atoms with Gasteiger partial charge in [0.1, 0.15) is 12.3 Å². The largest absolute Gasteiger partial charge is 0.375 e. The van der Waals surface area contributed by atoms with Gasteiger partial charge in [-0.2, -0.15) is 5.10 Å². The molecule has 2 aromatic rings. The molecule has 0 saturated heterocycles. The number of nitrogens with one attached hydrogen (secondary N) is 1. The van der Waals surface area contributed by atoms with Crippen LogP contribution in [0.15, 0.2) is 24.4 Å². The number of aromatic nitrogens is 3. The maximum atomic E-state index is 11.5. The molecule has 0 fully saturated rings. The van der Waals surface area contributed by atoms with Crippen molar-refractivity contribution < 1.29 is 9.53 Å². The minimum atomic E-state index is -0.0986. The van der Waals surface area contributed by atoms with Crippen molar-refractivity contribution in [3.63, 3.8) is 0 Å². The average Bonchev–Trinajstić information content (AvgIpc) is 2.95. The van der Waals surface area contributed by atoms with Crippen molar-refractivity contribution in [1.82, 2.24) is 20.1 Å². The van der Waals surface area contributed by atoms with Crippen molar-refractivity contribution >= 4 is 5.91 Å². The lowest BCUT2D eigenvalue weighted by molar-refractivity contribution is -0.124. The predicted octanol–water partition coefficient (Wildman–Crippen LogP) is 1.59. The molecule has 1 aliphatic rings. The van der Waals surface area contributed by atoms with E-state index in [-0.39, 0.29) is 12.5 Å². The van der Waals surface area contributed by atoms with Gasteiger partial charge in [-0.3, -0.25) is 14.5 Å². The van der Waals surface area contributed by atoms with Crippen LogP contribution in [0.25, 0.3) is 11.4 Å². The number of hydrogen-bond donors (Lipinski definition) is 1. The number of methoxy groups -OCH3 is 1. The van der Waals surface area contributed by atoms with Crippen molar-refractivity contribution in [1.29, 1.82) is 0 Å². The second kappa shape index (κ2) is 7.37. The summed E-state index contributed by atoms with van der Waals surface area (Å²) in [7, 11) is 1.52. The van der Waals surface area contributed by atoms with Crippen LogP contribution in [-0.2, 0) is 28.9 Å². The van der Waals surface area contributed by atoms with Crippen molar-refractivity contribution in [3.05, 3.63) is 35.7 Å². The molecule has 0 spiro atoms. The van der Waals surface area contributed by atoms with E-state index in [4.69, 9.17) is 9.84 Å². The third-order valence-electron chi connectivity index (χ3n) is 4.09. The Morgan fingerprint density at radius 1 is 1.35 bits per heavy atom. The lowest BCUT2D eigenvalue weighted by Crippen LogP contribution is -2.30. The van der Waals surface area contributed by atoms with E-state index in [1.807, 2.05) is 22.9 Å². The van der Waals surface area contributed by atoms with Gasteiger partial charge in [0.25, 0.3) is 0 Å². The molecular formula is C17H22N4O2. The number of carbonyl (C=O) groups is 1. The number of hydrogen-bond acceptors (Lipinski definition) is 4. The number of carbonyl (C=O) groups excluding carboxylic acids is 1. The fraction of sp³-hybridized carbons (Fsp3) is 0.471. The van der Waals surface area contributed by atoms with Crippen molar-refractivity contribution in [3.8, 4) is 11.4 Å². The molecule has 1 N–H and O–H groups in total. The molecule has 3 rings (SSSR count). The summed E-state index contributed by atoms with van der Waals surface area (Å²) in [5, 5.41) is 7.62. The molecule has 0 aromatic carbocycles. The van der Waals surface area contributed by atoms with E-state index < -0.39 is 0 Å². The van der Waals surface area contributed by atoms with Crippen molar-refractivity contribution in [2.75, 3.05) is 20.3 Å². The Balaban J connectivity index is 1.78. The minimum absolute atomic E-state index is 0.0937. The first kappa shape index (κ1) is 15.7. The zero-order chi connectivity index (χ0) is 16.1. The fourth-order valence-corrected chi connectivity index (χ4v) is 3.05. The van der Waals surface area contributed by atoms with E-state index in [0.29, 0.717) is 13.1 Å². The second-order valence-corrected chi connectivity index (χ2v) is 5.70. The average molecular weight is 314 g/mol. The monoisotopic (exact) mass is 314 g/mol. The molecule has 2 heterocycles. The first-order chi connectivity index (χ1) is 11.3. The molecule has 0 bridgehead atoms. The van der Waals surface area contributed by atoms with Gasteiger partial charge < -0.3 is 10.1 Å². The van der Waals surface area contributed by atoms with Gasteiger partial charge in [-0.05, 0) is 37.8 Å². The molecule has 0 saturated carbocycles. The first-order valence-corrected chi connectivity index (χ1v) is 8.05. The molecule has 0 radical (unpaired) electrons. The zero-order valence-corrected chi connectivity index (χ0v) is 13.4. The van der Waals surface area contributed by atoms with Gasteiger partial charge in [0.2, 0.25) is 5.91 Å². The van der Waals surface area contributed by atoms with Crippen LogP contribution in [0.1, 0.15) is 24.1 Å². The molecule has 6 heteroatoms. The Morgan fingerprint density at radius 2 is 2.22 bits per heavy atom. The molecular weight excluding hydrogens is 292 g/mol. The van der Waals surface area contributed by atoms with E-state index in [1.54, 1.807) is 6.20 Å². The van der Waals surface area contributed by atoms with Crippen LogP contribution >= 0.6 is 0 Å². The van der Waals surface area contributed by atoms with Gasteiger partial charge in [-0.1, -0.05) is 6.07 Å². The SMILES string of the molecule is COCC(=O)NCCn1nc(-c2ccccn2)c2c1CCCC2. The Bertz CT molecular complexity index is 667. The highest BCUT2D eigenvalue weighted by Crippen LogP contribution is 2.30. The van der Waals surface area contributed by atoms with Gasteiger partial charge in [-0.15, -0.1) is 0 Å². The van der Waals surface area contributed by atoms with Crippen molar-refractivity contribution in [2.45, 2.75) is 32.2 Å². The molecule has 2 aromatic heterocycles. The number of nitrogens with zero attached hydrogens (tertiary/aromatic N) is 3. The quantitative estimate of drug-likeness (QED) is 0.879. The van der Waals surface area contributed by atoms with Crippen LogP contribution in [0.4, 0.5) is 0 Å². The van der Waals surface area contributed by atoms with Crippen LogP contribution in [0.5, 0.6) is 0 Å². The molecule has 0 atom stereocenters. The summed E-state index contributed by atoms with van der Waals surface area (Å²) in [6.07, 6.45) is 6.28. The van der Waals surface area contributed by atoms with Gasteiger partial charge in [0, 0.05) is 31.1 Å². The number of pyridine rings is 1. The van der Waals surface area contributed by atoms with Crippen LogP contribution in [0, 0.1) is 0 Å². The number of ether oxygens (including phenoxy) is 1. The topological polar surface area (TPSA) is 69.0 Å². The van der Waals surface area contributed by atoms with Crippen molar-refractivity contribution in [2.24, 2.45) is 0 Å². The van der Waals surface area contributed by atoms with Crippen LogP contribution in [0.3, 0.4) is 0 Å². The summed E-state index contributed by atoms with van der Waals surface area (Å²) in [6.45, 7) is 1.32. The van der Waals surface area contributed by atoms with Gasteiger partial charge >= 0.3 is 0 Å². The van der Waals surface area contributed by atoms with E-state index >= 15 is 0 Å². The van der Waals surface area contributed by atoms with E-state index in [0.717, 1.165) is 24.2 Å². The summed E-state index contributed by atoms with van der Waals surface area (Å²) in [4.78, 5) is 15.9. The van der Waals surface area contributed by atoms with Crippen LogP contribution in [-0.4, -0.2) is 40.9 Å². The standard InChI is InChI=1S/C17H22N4O2/c1-23-12-16(22)19-10-11-21-15-8-3-2-6-13(15)17(20-21)14-7-4-5-9-18-14/h4-5,7,9H,2-3,6,8,10-12H2,1H3,(H,19,22). The molecule has 23 heavy (non-hydrogen) atoms. The summed E-state index contributed by atoms with van der Waals surface area (Å²) >= 11 is 0. The highest BCUT2D eigenvalue weighted by atomic mass is 16.5. The van der Waals surface area contributed by atoms with E-state index in [1.165, 1.54) is 31.2 Å². The third-order valence-corrected chi connectivity index (χ3v) is 4.09. The molecule has 122 valence electrons.